The summed E-state index contributed by atoms with van der Waals surface area (Å²) in [5, 5.41) is 0. The fraction of sp³-hybridized carbons (Fsp3) is 0.533. The van der Waals surface area contributed by atoms with Crippen LogP contribution < -0.4 is 4.74 Å². The first-order valence-corrected chi connectivity index (χ1v) is 12.4. The van der Waals surface area contributed by atoms with Gasteiger partial charge in [-0.05, 0) is 105 Å². The Bertz CT molecular complexity index is 1130. The van der Waals surface area contributed by atoms with Crippen LogP contribution in [0, 0.1) is 34.5 Å². The van der Waals surface area contributed by atoms with Crippen LogP contribution in [0.4, 0.5) is 0 Å². The van der Waals surface area contributed by atoms with Gasteiger partial charge in [0, 0.05) is 12.3 Å². The zero-order chi connectivity index (χ0) is 23.4. The third kappa shape index (κ3) is 3.17. The van der Waals surface area contributed by atoms with E-state index in [-0.39, 0.29) is 22.9 Å². The van der Waals surface area contributed by atoms with Crippen molar-refractivity contribution in [3.05, 3.63) is 52.6 Å². The van der Waals surface area contributed by atoms with Crippen LogP contribution in [0.2, 0.25) is 0 Å². The molecule has 4 aliphatic rings. The minimum atomic E-state index is -0.564. The molecule has 0 unspecified atom stereocenters. The van der Waals surface area contributed by atoms with Crippen molar-refractivity contribution in [3.8, 4) is 17.6 Å². The number of rotatable bonds is 3. The van der Waals surface area contributed by atoms with Crippen LogP contribution >= 0.6 is 0 Å². The quantitative estimate of drug-likeness (QED) is 0.524. The normalized spacial score (nSPS) is 35.0. The smallest absolute Gasteiger partial charge is 0.156 e. The lowest BCUT2D eigenvalue weighted by atomic mass is 9.48. The van der Waals surface area contributed by atoms with Crippen molar-refractivity contribution in [1.82, 2.24) is 0 Å². The summed E-state index contributed by atoms with van der Waals surface area (Å²) in [7, 11) is 1.70. The molecule has 5 atom stereocenters. The van der Waals surface area contributed by atoms with Gasteiger partial charge in [-0.3, -0.25) is 9.59 Å². The third-order valence-electron chi connectivity index (χ3n) is 9.39. The molecule has 33 heavy (non-hydrogen) atoms. The van der Waals surface area contributed by atoms with Gasteiger partial charge in [0.25, 0.3) is 0 Å². The largest absolute Gasteiger partial charge is 0.497 e. The van der Waals surface area contributed by atoms with Gasteiger partial charge in [0.1, 0.15) is 11.5 Å². The van der Waals surface area contributed by atoms with Crippen molar-refractivity contribution < 1.29 is 14.3 Å². The summed E-state index contributed by atoms with van der Waals surface area (Å²) in [5.74, 6) is 9.09. The number of ether oxygens (including phenoxy) is 1. The number of benzene rings is 1. The highest BCUT2D eigenvalue weighted by atomic mass is 16.5. The van der Waals surface area contributed by atoms with Gasteiger partial charge in [-0.2, -0.15) is 0 Å². The Labute approximate surface area is 197 Å². The summed E-state index contributed by atoms with van der Waals surface area (Å²) >= 11 is 0. The second-order valence-corrected chi connectivity index (χ2v) is 10.6. The monoisotopic (exact) mass is 442 g/mol. The van der Waals surface area contributed by atoms with Crippen LogP contribution in [0.15, 0.2) is 47.1 Å². The maximum Gasteiger partial charge on any atom is 0.156 e. The van der Waals surface area contributed by atoms with E-state index in [1.807, 2.05) is 25.1 Å². The maximum atomic E-state index is 13.2. The number of fused-ring (bicyclic) bond motifs is 4. The second-order valence-electron chi connectivity index (χ2n) is 10.6. The van der Waals surface area contributed by atoms with E-state index in [4.69, 9.17) is 4.74 Å². The Hall–Kier alpha value is -2.60. The number of hydrogen-bond acceptors (Lipinski definition) is 3. The van der Waals surface area contributed by atoms with Crippen molar-refractivity contribution in [2.45, 2.75) is 71.6 Å². The predicted molar refractivity (Wildman–Crippen MR) is 130 cm³/mol. The molecule has 3 heteroatoms. The molecule has 2 fully saturated rings. The third-order valence-corrected chi connectivity index (χ3v) is 9.39. The summed E-state index contributed by atoms with van der Waals surface area (Å²) < 4.78 is 5.42. The van der Waals surface area contributed by atoms with Gasteiger partial charge in [0.2, 0.25) is 0 Å². The summed E-state index contributed by atoms with van der Waals surface area (Å²) in [4.78, 5) is 25.4. The van der Waals surface area contributed by atoms with Gasteiger partial charge in [-0.1, -0.05) is 30.6 Å². The van der Waals surface area contributed by atoms with Gasteiger partial charge in [0.05, 0.1) is 12.5 Å². The Morgan fingerprint density at radius 3 is 2.55 bits per heavy atom. The molecule has 172 valence electrons. The standard InChI is InChI=1S/C30H34O3/c1-5-15-30(19(2)31)16-14-27-25-12-8-21-17-22(32)9-13-24(21)28(25)26(18-29(27,30)3)20-6-10-23(33-4)11-7-20/h6-7,10-11,17,25-27H,8-9,12-14,16,18H2,1-4H3/t25-,26+,27-,29-,30+/m0/s1. The molecule has 0 N–H and O–H groups in total. The molecule has 0 aromatic heterocycles. The first-order valence-electron chi connectivity index (χ1n) is 12.4. The molecule has 1 aromatic carbocycles. The molecule has 0 radical (unpaired) electrons. The molecule has 0 amide bonds. The Balaban J connectivity index is 1.71. The van der Waals surface area contributed by atoms with E-state index < -0.39 is 5.41 Å². The van der Waals surface area contributed by atoms with E-state index in [1.54, 1.807) is 19.6 Å². The number of methoxy groups -OCH3 is 1. The zero-order valence-electron chi connectivity index (χ0n) is 20.3. The molecule has 1 aromatic rings. The van der Waals surface area contributed by atoms with Crippen LogP contribution in [-0.4, -0.2) is 18.7 Å². The van der Waals surface area contributed by atoms with Crippen LogP contribution in [0.5, 0.6) is 5.75 Å². The number of Topliss-reactive ketones (excluding diaryl/α,β-unsaturated/α-hetero) is 1. The van der Waals surface area contributed by atoms with E-state index in [0.717, 1.165) is 44.3 Å². The number of carbonyl (C=O) groups excluding carboxylic acids is 2. The van der Waals surface area contributed by atoms with Crippen molar-refractivity contribution in [1.29, 1.82) is 0 Å². The van der Waals surface area contributed by atoms with E-state index in [0.29, 0.717) is 18.3 Å². The van der Waals surface area contributed by atoms with Gasteiger partial charge in [-0.15, -0.1) is 5.92 Å². The van der Waals surface area contributed by atoms with E-state index in [1.165, 1.54) is 16.7 Å². The molecule has 0 bridgehead atoms. The molecule has 3 nitrogen and oxygen atoms in total. The summed E-state index contributed by atoms with van der Waals surface area (Å²) in [6.45, 7) is 5.97. The first kappa shape index (κ1) is 22.2. The molecule has 5 rings (SSSR count). The maximum absolute atomic E-state index is 13.2. The second kappa shape index (κ2) is 8.01. The van der Waals surface area contributed by atoms with Gasteiger partial charge < -0.3 is 4.74 Å². The molecule has 0 saturated heterocycles. The fourth-order valence-electron chi connectivity index (χ4n) is 7.91. The van der Waals surface area contributed by atoms with E-state index in [2.05, 4.69) is 30.9 Å². The highest BCUT2D eigenvalue weighted by Gasteiger charge is 2.64. The lowest BCUT2D eigenvalue weighted by Crippen LogP contribution is -2.50. The number of hydrogen-bond donors (Lipinski definition) is 0. The number of ketones is 2. The summed E-state index contributed by atoms with van der Waals surface area (Å²) in [6.07, 6.45) is 8.28. The van der Waals surface area contributed by atoms with Gasteiger partial charge >= 0.3 is 0 Å². The number of carbonyl (C=O) groups is 2. The minimum Gasteiger partial charge on any atom is -0.497 e. The Kier molecular flexibility index (Phi) is 5.39. The average molecular weight is 443 g/mol. The fourth-order valence-corrected chi connectivity index (χ4v) is 7.91. The average Bonchev–Trinajstić information content (AvgIpc) is 3.11. The summed E-state index contributed by atoms with van der Waals surface area (Å²) in [5.41, 5.74) is 4.82. The zero-order valence-corrected chi connectivity index (χ0v) is 20.3. The molecular weight excluding hydrogens is 408 g/mol. The lowest BCUT2D eigenvalue weighted by Gasteiger charge is -2.54. The Morgan fingerprint density at radius 1 is 1.12 bits per heavy atom. The SMILES string of the molecule is CC#C[C@]1(C(C)=O)CC[C@H]2[C@@H]3CCC4=CC(=O)CCC4=C3[C@@H](c3ccc(OC)cc3)C[C@@]21C. The topological polar surface area (TPSA) is 43.4 Å². The van der Waals surface area contributed by atoms with Crippen molar-refractivity contribution in [3.63, 3.8) is 0 Å². The number of allylic oxidation sites excluding steroid dienone is 4. The predicted octanol–water partition coefficient (Wildman–Crippen LogP) is 6.19. The first-order chi connectivity index (χ1) is 15.8. The van der Waals surface area contributed by atoms with Gasteiger partial charge in [-0.25, -0.2) is 0 Å². The molecule has 4 aliphatic carbocycles. The van der Waals surface area contributed by atoms with Crippen LogP contribution in [-0.2, 0) is 9.59 Å². The van der Waals surface area contributed by atoms with Crippen molar-refractivity contribution in [2.24, 2.45) is 22.7 Å². The van der Waals surface area contributed by atoms with Crippen molar-refractivity contribution >= 4 is 11.6 Å². The van der Waals surface area contributed by atoms with E-state index in [9.17, 15) is 9.59 Å². The van der Waals surface area contributed by atoms with Crippen LogP contribution in [0.3, 0.4) is 0 Å². The van der Waals surface area contributed by atoms with E-state index >= 15 is 0 Å². The highest BCUT2D eigenvalue weighted by molar-refractivity contribution is 5.93. The molecular formula is C30H34O3. The van der Waals surface area contributed by atoms with Gasteiger partial charge in [0.15, 0.2) is 5.78 Å². The van der Waals surface area contributed by atoms with Crippen molar-refractivity contribution in [2.75, 3.05) is 7.11 Å². The highest BCUT2D eigenvalue weighted by Crippen LogP contribution is 2.69. The molecule has 0 spiro atoms. The molecule has 0 aliphatic heterocycles. The molecule has 2 saturated carbocycles. The Morgan fingerprint density at radius 2 is 1.88 bits per heavy atom. The van der Waals surface area contributed by atoms with Crippen LogP contribution in [0.1, 0.15) is 77.2 Å². The minimum absolute atomic E-state index is 0.160. The lowest BCUT2D eigenvalue weighted by molar-refractivity contribution is -0.130. The van der Waals surface area contributed by atoms with Crippen LogP contribution in [0.25, 0.3) is 0 Å². The summed E-state index contributed by atoms with van der Waals surface area (Å²) in [6, 6.07) is 8.48. The molecule has 0 heterocycles.